The van der Waals surface area contributed by atoms with Crippen LogP contribution in [-0.4, -0.2) is 27.6 Å². The van der Waals surface area contributed by atoms with Crippen LogP contribution in [0.5, 0.6) is 0 Å². The van der Waals surface area contributed by atoms with Gasteiger partial charge in [-0.1, -0.05) is 26.7 Å². The van der Waals surface area contributed by atoms with Crippen molar-refractivity contribution in [3.8, 4) is 0 Å². The minimum absolute atomic E-state index is 0.433. The van der Waals surface area contributed by atoms with Gasteiger partial charge in [-0.15, -0.1) is 0 Å². The average Bonchev–Trinajstić information content (AvgIpc) is 2.86. The molecule has 1 N–H and O–H groups in total. The molecule has 0 radical (unpaired) electrons. The van der Waals surface area contributed by atoms with E-state index in [0.29, 0.717) is 5.92 Å². The Balaban J connectivity index is 2.16. The largest absolute Gasteiger partial charge is 0.385 e. The van der Waals surface area contributed by atoms with Crippen molar-refractivity contribution in [3.63, 3.8) is 0 Å². The smallest absolute Gasteiger partial charge is 0.111 e. The van der Waals surface area contributed by atoms with Crippen LogP contribution in [0.4, 0.5) is 0 Å². The van der Waals surface area contributed by atoms with Crippen molar-refractivity contribution in [2.24, 2.45) is 5.92 Å². The van der Waals surface area contributed by atoms with Gasteiger partial charge in [0.05, 0.1) is 11.8 Å². The number of methoxy groups -OCH3 is 1. The summed E-state index contributed by atoms with van der Waals surface area (Å²) < 4.78 is 7.64. The van der Waals surface area contributed by atoms with Crippen molar-refractivity contribution in [1.82, 2.24) is 9.78 Å². The molecule has 0 saturated heterocycles. The summed E-state index contributed by atoms with van der Waals surface area (Å²) >= 11 is 0. The zero-order chi connectivity index (χ0) is 13.9. The fraction of sp³-hybridized carbons (Fsp3) is 0.800. The molecule has 4 nitrogen and oxygen atoms in total. The monoisotopic (exact) mass is 266 g/mol. The quantitative estimate of drug-likeness (QED) is 0.891. The Morgan fingerprint density at radius 3 is 3.05 bits per heavy atom. The molecule has 2 rings (SSSR count). The van der Waals surface area contributed by atoms with E-state index in [2.05, 4.69) is 18.9 Å². The molecule has 0 aliphatic heterocycles. The number of aliphatic hydroxyl groups is 1. The van der Waals surface area contributed by atoms with Gasteiger partial charge in [-0.25, -0.2) is 0 Å². The lowest BCUT2D eigenvalue weighted by Gasteiger charge is -2.42. The second-order valence-electron chi connectivity index (χ2n) is 5.91. The number of aryl methyl sites for hydroxylation is 1. The lowest BCUT2D eigenvalue weighted by molar-refractivity contribution is -0.134. The number of rotatable bonds is 5. The Labute approximate surface area is 115 Å². The third-order valence-electron chi connectivity index (χ3n) is 4.32. The maximum Gasteiger partial charge on any atom is 0.111 e. The molecule has 1 heterocycles. The third kappa shape index (κ3) is 3.00. The topological polar surface area (TPSA) is 47.3 Å². The predicted octanol–water partition coefficient (Wildman–Crippen LogP) is 2.92. The van der Waals surface area contributed by atoms with Crippen LogP contribution in [0.1, 0.15) is 57.6 Å². The van der Waals surface area contributed by atoms with Gasteiger partial charge in [-0.05, 0) is 25.2 Å². The Hall–Kier alpha value is -0.870. The van der Waals surface area contributed by atoms with Crippen LogP contribution in [0.3, 0.4) is 0 Å². The van der Waals surface area contributed by atoms with E-state index in [1.54, 1.807) is 13.3 Å². The van der Waals surface area contributed by atoms with E-state index in [1.807, 2.05) is 10.9 Å². The van der Waals surface area contributed by atoms with Gasteiger partial charge in [0.15, 0.2) is 0 Å². The first kappa shape index (κ1) is 14.5. The van der Waals surface area contributed by atoms with E-state index in [-0.39, 0.29) is 0 Å². The summed E-state index contributed by atoms with van der Waals surface area (Å²) in [6.07, 6.45) is 8.39. The van der Waals surface area contributed by atoms with Crippen LogP contribution in [0.2, 0.25) is 0 Å². The highest BCUT2D eigenvalue weighted by molar-refractivity contribution is 5.14. The molecule has 19 heavy (non-hydrogen) atoms. The van der Waals surface area contributed by atoms with Gasteiger partial charge in [0.1, 0.15) is 6.10 Å². The van der Waals surface area contributed by atoms with Crippen molar-refractivity contribution < 1.29 is 9.84 Å². The van der Waals surface area contributed by atoms with Gasteiger partial charge in [0.2, 0.25) is 0 Å². The van der Waals surface area contributed by atoms with E-state index < -0.39 is 11.7 Å². The zero-order valence-corrected chi connectivity index (χ0v) is 12.3. The molecule has 1 aliphatic carbocycles. The molecule has 1 fully saturated rings. The molecule has 1 aromatic rings. The first-order chi connectivity index (χ1) is 9.11. The van der Waals surface area contributed by atoms with Gasteiger partial charge >= 0.3 is 0 Å². The highest BCUT2D eigenvalue weighted by Gasteiger charge is 2.42. The minimum atomic E-state index is -0.578. The van der Waals surface area contributed by atoms with Crippen LogP contribution in [0, 0.1) is 5.92 Å². The molecule has 0 amide bonds. The predicted molar refractivity (Wildman–Crippen MR) is 74.8 cm³/mol. The Morgan fingerprint density at radius 2 is 2.42 bits per heavy atom. The van der Waals surface area contributed by atoms with Gasteiger partial charge in [0.25, 0.3) is 0 Å². The lowest BCUT2D eigenvalue weighted by atomic mass is 9.74. The van der Waals surface area contributed by atoms with Gasteiger partial charge < -0.3 is 9.84 Å². The molecule has 0 bridgehead atoms. The van der Waals surface area contributed by atoms with Crippen molar-refractivity contribution >= 4 is 0 Å². The Bertz CT molecular complexity index is 405. The van der Waals surface area contributed by atoms with Crippen molar-refractivity contribution in [1.29, 1.82) is 0 Å². The molecular weight excluding hydrogens is 240 g/mol. The Kier molecular flexibility index (Phi) is 4.63. The van der Waals surface area contributed by atoms with Gasteiger partial charge in [-0.2, -0.15) is 5.10 Å². The molecule has 3 unspecified atom stereocenters. The summed E-state index contributed by atoms with van der Waals surface area (Å²) in [5, 5.41) is 15.0. The van der Waals surface area contributed by atoms with Crippen molar-refractivity contribution in [2.75, 3.05) is 7.11 Å². The van der Waals surface area contributed by atoms with Gasteiger partial charge in [0, 0.05) is 25.4 Å². The lowest BCUT2D eigenvalue weighted by Crippen LogP contribution is -2.42. The summed E-state index contributed by atoms with van der Waals surface area (Å²) in [6, 6.07) is 0. The number of hydrogen-bond acceptors (Lipinski definition) is 3. The fourth-order valence-electron chi connectivity index (χ4n) is 3.26. The van der Waals surface area contributed by atoms with E-state index in [4.69, 9.17) is 4.74 Å². The van der Waals surface area contributed by atoms with Gasteiger partial charge in [-0.3, -0.25) is 4.68 Å². The van der Waals surface area contributed by atoms with Crippen LogP contribution >= 0.6 is 0 Å². The number of aliphatic hydroxyl groups excluding tert-OH is 1. The molecule has 3 atom stereocenters. The zero-order valence-electron chi connectivity index (χ0n) is 12.3. The fourth-order valence-corrected chi connectivity index (χ4v) is 3.26. The van der Waals surface area contributed by atoms with E-state index in [0.717, 1.165) is 37.8 Å². The third-order valence-corrected chi connectivity index (χ3v) is 4.32. The summed E-state index contributed by atoms with van der Waals surface area (Å²) in [4.78, 5) is 0. The molecular formula is C15H26N2O2. The highest BCUT2D eigenvalue weighted by Crippen LogP contribution is 2.43. The first-order valence-electron chi connectivity index (χ1n) is 7.37. The molecule has 1 aliphatic rings. The van der Waals surface area contributed by atoms with Crippen LogP contribution in [0.15, 0.2) is 12.4 Å². The summed E-state index contributed by atoms with van der Waals surface area (Å²) in [5.41, 5.74) is 0.446. The summed E-state index contributed by atoms with van der Waals surface area (Å²) in [6.45, 7) is 5.25. The molecule has 1 saturated carbocycles. The second kappa shape index (κ2) is 6.06. The normalized spacial score (nSPS) is 29.4. The van der Waals surface area contributed by atoms with E-state index >= 15 is 0 Å². The second-order valence-corrected chi connectivity index (χ2v) is 5.91. The summed E-state index contributed by atoms with van der Waals surface area (Å²) in [5.74, 6) is 0.606. The molecule has 4 heteroatoms. The van der Waals surface area contributed by atoms with E-state index in [1.165, 1.54) is 6.42 Å². The number of aromatic nitrogens is 2. The first-order valence-corrected chi connectivity index (χ1v) is 7.37. The molecule has 0 spiro atoms. The maximum atomic E-state index is 10.7. The summed E-state index contributed by atoms with van der Waals surface area (Å²) in [7, 11) is 1.72. The standard InChI is InChI=1S/C15H26N2O2/c1-4-8-17-11-13(10-16-17)14(18)15(19-3)7-5-6-12(2)9-15/h10-12,14,18H,4-9H2,1-3H3. The van der Waals surface area contributed by atoms with Crippen molar-refractivity contribution in [2.45, 2.75) is 64.2 Å². The Morgan fingerprint density at radius 1 is 1.63 bits per heavy atom. The number of ether oxygens (including phenoxy) is 1. The number of nitrogens with zero attached hydrogens (tertiary/aromatic N) is 2. The van der Waals surface area contributed by atoms with E-state index in [9.17, 15) is 5.11 Å². The number of hydrogen-bond donors (Lipinski definition) is 1. The van der Waals surface area contributed by atoms with Crippen LogP contribution in [0.25, 0.3) is 0 Å². The average molecular weight is 266 g/mol. The van der Waals surface area contributed by atoms with Crippen LogP contribution in [-0.2, 0) is 11.3 Å². The highest BCUT2D eigenvalue weighted by atomic mass is 16.5. The molecule has 0 aromatic carbocycles. The van der Waals surface area contributed by atoms with Crippen molar-refractivity contribution in [3.05, 3.63) is 18.0 Å². The molecule has 1 aromatic heterocycles. The maximum absolute atomic E-state index is 10.7. The molecule has 108 valence electrons. The minimum Gasteiger partial charge on any atom is -0.385 e. The van der Waals surface area contributed by atoms with Crippen LogP contribution < -0.4 is 0 Å². The SMILES string of the molecule is CCCn1cc(C(O)C2(OC)CCCC(C)C2)cn1.